The molecule has 1 aromatic carbocycles. The van der Waals surface area contributed by atoms with E-state index in [9.17, 15) is 4.39 Å². The summed E-state index contributed by atoms with van der Waals surface area (Å²) >= 11 is 0. The van der Waals surface area contributed by atoms with E-state index in [1.54, 1.807) is 16.8 Å². The minimum Gasteiger partial charge on any atom is -0.489 e. The molecule has 0 saturated carbocycles. The molecule has 0 aliphatic rings. The average Bonchev–Trinajstić information content (AvgIpc) is 3.07. The van der Waals surface area contributed by atoms with Gasteiger partial charge in [0.2, 0.25) is 0 Å². The van der Waals surface area contributed by atoms with Crippen molar-refractivity contribution in [3.05, 3.63) is 41.5 Å². The fourth-order valence-corrected chi connectivity index (χ4v) is 2.99. The number of fused-ring (bicyclic) bond motifs is 1. The number of nitrogens with zero attached hydrogens (tertiary/aromatic N) is 4. The van der Waals surface area contributed by atoms with Gasteiger partial charge in [-0.3, -0.25) is 0 Å². The van der Waals surface area contributed by atoms with Gasteiger partial charge < -0.3 is 20.5 Å². The summed E-state index contributed by atoms with van der Waals surface area (Å²) in [5, 5.41) is 7.37. The smallest absolute Gasteiger partial charge is 0.336 e. The Balaban J connectivity index is 1.81. The van der Waals surface area contributed by atoms with Crippen LogP contribution >= 0.6 is 0 Å². The monoisotopic (exact) mass is 402 g/mol. The maximum Gasteiger partial charge on any atom is 0.336 e. The molecule has 3 aromatic rings. The van der Waals surface area contributed by atoms with Gasteiger partial charge in [0.25, 0.3) is 0 Å². The molecule has 3 rings (SSSR count). The third-order valence-corrected chi connectivity index (χ3v) is 4.43. The van der Waals surface area contributed by atoms with E-state index >= 15 is 0 Å². The first kappa shape index (κ1) is 20.8. The third-order valence-electron chi connectivity index (χ3n) is 4.43. The molecule has 2 aromatic heterocycles. The number of halogens is 1. The first-order chi connectivity index (χ1) is 14.0. The number of hydrogen-bond donors (Lipinski definition) is 2. The number of rotatable bonds is 10. The number of anilines is 1. The van der Waals surface area contributed by atoms with Gasteiger partial charge in [0.1, 0.15) is 6.61 Å². The quantitative estimate of drug-likeness (QED) is 0.503. The highest BCUT2D eigenvalue weighted by Crippen LogP contribution is 2.22. The molecule has 8 nitrogen and oxygen atoms in total. The highest BCUT2D eigenvalue weighted by atomic mass is 19.1. The van der Waals surface area contributed by atoms with Crippen molar-refractivity contribution in [1.82, 2.24) is 24.9 Å². The summed E-state index contributed by atoms with van der Waals surface area (Å²) in [5.74, 6) is 0.0673. The van der Waals surface area contributed by atoms with E-state index in [2.05, 4.69) is 27.3 Å². The topological polar surface area (TPSA) is 99.6 Å². The zero-order valence-corrected chi connectivity index (χ0v) is 17.0. The van der Waals surface area contributed by atoms with E-state index in [0.29, 0.717) is 25.2 Å². The number of nitrogens with one attached hydrogen (secondary N) is 1. The van der Waals surface area contributed by atoms with Gasteiger partial charge in [0.05, 0.1) is 18.0 Å². The molecule has 0 spiro atoms. The number of hydrogen-bond acceptors (Lipinski definition) is 7. The molecule has 3 N–H and O–H groups in total. The molecule has 2 heterocycles. The van der Waals surface area contributed by atoms with Crippen molar-refractivity contribution in [3.8, 4) is 11.8 Å². The third kappa shape index (κ3) is 5.11. The van der Waals surface area contributed by atoms with Crippen LogP contribution in [0.3, 0.4) is 0 Å². The Hall–Kier alpha value is -2.94. The molecule has 0 aliphatic carbocycles. The summed E-state index contributed by atoms with van der Waals surface area (Å²) in [4.78, 5) is 8.48. The van der Waals surface area contributed by atoms with E-state index < -0.39 is 5.82 Å². The number of nitrogen functional groups attached to an aromatic ring is 1. The molecule has 156 valence electrons. The summed E-state index contributed by atoms with van der Waals surface area (Å²) < 4.78 is 27.1. The molecule has 0 aliphatic heterocycles. The van der Waals surface area contributed by atoms with Gasteiger partial charge in [-0.1, -0.05) is 19.4 Å². The number of benzene rings is 1. The SMILES string of the molecule is CCC[C@H](C)Oc1nc(N)c2ncc(Cc3ccc(OCCNC)c(F)c3)n2n1. The molecular weight excluding hydrogens is 375 g/mol. The van der Waals surface area contributed by atoms with Crippen LogP contribution in [0.15, 0.2) is 24.4 Å². The first-order valence-electron chi connectivity index (χ1n) is 9.74. The zero-order valence-electron chi connectivity index (χ0n) is 17.0. The summed E-state index contributed by atoms with van der Waals surface area (Å²) in [6.07, 6.45) is 3.95. The van der Waals surface area contributed by atoms with Crippen molar-refractivity contribution >= 4 is 11.5 Å². The van der Waals surface area contributed by atoms with Gasteiger partial charge in [0.15, 0.2) is 23.0 Å². The number of ether oxygens (including phenoxy) is 2. The second-order valence-corrected chi connectivity index (χ2v) is 6.88. The highest BCUT2D eigenvalue weighted by Gasteiger charge is 2.15. The van der Waals surface area contributed by atoms with Crippen LogP contribution in [0.2, 0.25) is 0 Å². The minimum absolute atomic E-state index is 0.0200. The van der Waals surface area contributed by atoms with E-state index in [1.807, 2.05) is 20.0 Å². The van der Waals surface area contributed by atoms with Crippen LogP contribution in [0.5, 0.6) is 11.8 Å². The van der Waals surface area contributed by atoms with Gasteiger partial charge in [0, 0.05) is 13.0 Å². The van der Waals surface area contributed by atoms with Crippen molar-refractivity contribution in [2.75, 3.05) is 25.9 Å². The van der Waals surface area contributed by atoms with Crippen molar-refractivity contribution in [2.45, 2.75) is 39.2 Å². The molecule has 1 atom stereocenters. The van der Waals surface area contributed by atoms with E-state index in [-0.39, 0.29) is 23.7 Å². The van der Waals surface area contributed by atoms with Crippen LogP contribution < -0.4 is 20.5 Å². The van der Waals surface area contributed by atoms with Gasteiger partial charge in [-0.2, -0.15) is 4.98 Å². The average molecular weight is 402 g/mol. The second-order valence-electron chi connectivity index (χ2n) is 6.88. The van der Waals surface area contributed by atoms with Gasteiger partial charge in [-0.15, -0.1) is 5.10 Å². The highest BCUT2D eigenvalue weighted by molar-refractivity contribution is 5.59. The van der Waals surface area contributed by atoms with Crippen molar-refractivity contribution in [1.29, 1.82) is 0 Å². The maximum absolute atomic E-state index is 14.3. The van der Waals surface area contributed by atoms with E-state index in [0.717, 1.165) is 24.1 Å². The van der Waals surface area contributed by atoms with Crippen LogP contribution in [-0.4, -0.2) is 45.9 Å². The fourth-order valence-electron chi connectivity index (χ4n) is 2.99. The van der Waals surface area contributed by atoms with E-state index in [1.165, 1.54) is 6.07 Å². The number of nitrogens with two attached hydrogens (primary N) is 1. The largest absolute Gasteiger partial charge is 0.489 e. The van der Waals surface area contributed by atoms with Crippen LogP contribution in [-0.2, 0) is 6.42 Å². The van der Waals surface area contributed by atoms with Crippen LogP contribution in [0.1, 0.15) is 37.9 Å². The number of likely N-dealkylation sites (N-methyl/N-ethyl adjacent to an activating group) is 1. The molecule has 0 radical (unpaired) electrons. The molecule has 0 unspecified atom stereocenters. The second kappa shape index (κ2) is 9.51. The lowest BCUT2D eigenvalue weighted by atomic mass is 10.1. The Morgan fingerprint density at radius 3 is 2.90 bits per heavy atom. The lowest BCUT2D eigenvalue weighted by Gasteiger charge is -2.12. The van der Waals surface area contributed by atoms with Gasteiger partial charge >= 0.3 is 6.01 Å². The lowest BCUT2D eigenvalue weighted by Crippen LogP contribution is -2.16. The maximum atomic E-state index is 14.3. The molecule has 0 fully saturated rings. The number of aromatic nitrogens is 4. The van der Waals surface area contributed by atoms with E-state index in [4.69, 9.17) is 15.2 Å². The van der Waals surface area contributed by atoms with Crippen molar-refractivity contribution in [2.24, 2.45) is 0 Å². The summed E-state index contributed by atoms with van der Waals surface area (Å²) in [7, 11) is 1.82. The lowest BCUT2D eigenvalue weighted by molar-refractivity contribution is 0.189. The predicted octanol–water partition coefficient (Wildman–Crippen LogP) is 2.60. The Labute approximate surface area is 169 Å². The van der Waals surface area contributed by atoms with Gasteiger partial charge in [-0.25, -0.2) is 13.9 Å². The number of imidazole rings is 1. The Bertz CT molecular complexity index is 962. The van der Waals surface area contributed by atoms with Crippen LogP contribution in [0.4, 0.5) is 10.2 Å². The predicted molar refractivity (Wildman–Crippen MR) is 109 cm³/mol. The summed E-state index contributed by atoms with van der Waals surface area (Å²) in [5.41, 5.74) is 7.99. The Kier molecular flexibility index (Phi) is 6.82. The zero-order chi connectivity index (χ0) is 20.8. The van der Waals surface area contributed by atoms with Crippen molar-refractivity contribution in [3.63, 3.8) is 0 Å². The first-order valence-corrected chi connectivity index (χ1v) is 9.74. The Morgan fingerprint density at radius 1 is 1.34 bits per heavy atom. The van der Waals surface area contributed by atoms with Crippen LogP contribution in [0.25, 0.3) is 5.65 Å². The molecule has 0 saturated heterocycles. The summed E-state index contributed by atoms with van der Waals surface area (Å²) in [6.45, 7) is 5.09. The molecule has 0 bridgehead atoms. The molecular formula is C20H27FN6O2. The van der Waals surface area contributed by atoms with Crippen LogP contribution in [0, 0.1) is 5.82 Å². The van der Waals surface area contributed by atoms with Crippen molar-refractivity contribution < 1.29 is 13.9 Å². The summed E-state index contributed by atoms with van der Waals surface area (Å²) in [6, 6.07) is 5.12. The fraction of sp³-hybridized carbons (Fsp3) is 0.450. The minimum atomic E-state index is -0.404. The molecule has 0 amide bonds. The van der Waals surface area contributed by atoms with Gasteiger partial charge in [-0.05, 0) is 38.1 Å². The Morgan fingerprint density at radius 2 is 2.17 bits per heavy atom. The standard InChI is InChI=1S/C20H27FN6O2/c1-4-5-13(2)29-20-25-18(22)19-24-12-15(27(19)26-20)10-14-6-7-17(16(21)11-14)28-9-8-23-3/h6-7,11-13,23H,4-5,8-10H2,1-3H3,(H2,22,25,26)/t13-/m0/s1. The normalized spacial score (nSPS) is 12.3. The molecule has 9 heteroatoms. The molecule has 29 heavy (non-hydrogen) atoms.